The molecule has 1 aromatic carbocycles. The van der Waals surface area contributed by atoms with Crippen molar-refractivity contribution in [3.63, 3.8) is 0 Å². The Morgan fingerprint density at radius 2 is 2.00 bits per heavy atom. The van der Waals surface area contributed by atoms with Gasteiger partial charge in [0.25, 0.3) is 0 Å². The summed E-state index contributed by atoms with van der Waals surface area (Å²) < 4.78 is 11.2. The SMILES string of the molecule is CCCOc1ccccc1Oc1ncncc1N. The topological polar surface area (TPSA) is 70.3 Å². The molecule has 0 saturated heterocycles. The molecule has 94 valence electrons. The van der Waals surface area contributed by atoms with E-state index in [9.17, 15) is 0 Å². The predicted octanol–water partition coefficient (Wildman–Crippen LogP) is 2.64. The van der Waals surface area contributed by atoms with Gasteiger partial charge in [-0.15, -0.1) is 0 Å². The molecule has 1 aromatic heterocycles. The fourth-order valence-corrected chi connectivity index (χ4v) is 1.38. The van der Waals surface area contributed by atoms with Gasteiger partial charge in [0.1, 0.15) is 12.0 Å². The van der Waals surface area contributed by atoms with Crippen molar-refractivity contribution >= 4 is 5.69 Å². The maximum absolute atomic E-state index is 5.73. The molecule has 5 heteroatoms. The van der Waals surface area contributed by atoms with Crippen molar-refractivity contribution in [2.24, 2.45) is 0 Å². The Morgan fingerprint density at radius 1 is 1.22 bits per heavy atom. The molecule has 0 saturated carbocycles. The number of benzene rings is 1. The van der Waals surface area contributed by atoms with E-state index >= 15 is 0 Å². The first kappa shape index (κ1) is 12.2. The third-order valence-electron chi connectivity index (χ3n) is 2.22. The van der Waals surface area contributed by atoms with E-state index in [4.69, 9.17) is 15.2 Å². The lowest BCUT2D eigenvalue weighted by atomic mass is 10.3. The van der Waals surface area contributed by atoms with Gasteiger partial charge in [-0.3, -0.25) is 0 Å². The van der Waals surface area contributed by atoms with Crippen LogP contribution in [0.1, 0.15) is 13.3 Å². The van der Waals surface area contributed by atoms with Crippen LogP contribution in [-0.2, 0) is 0 Å². The number of hydrogen-bond acceptors (Lipinski definition) is 5. The highest BCUT2D eigenvalue weighted by atomic mass is 16.5. The van der Waals surface area contributed by atoms with Gasteiger partial charge in [0.05, 0.1) is 12.8 Å². The Hall–Kier alpha value is -2.30. The van der Waals surface area contributed by atoms with E-state index in [2.05, 4.69) is 9.97 Å². The van der Waals surface area contributed by atoms with Gasteiger partial charge in [-0.05, 0) is 18.6 Å². The normalized spacial score (nSPS) is 10.1. The van der Waals surface area contributed by atoms with Crippen LogP contribution in [0.3, 0.4) is 0 Å². The van der Waals surface area contributed by atoms with Gasteiger partial charge in [-0.2, -0.15) is 4.98 Å². The molecule has 0 aliphatic rings. The Bertz CT molecular complexity index is 517. The second-order valence-corrected chi connectivity index (χ2v) is 3.68. The minimum absolute atomic E-state index is 0.331. The number of nitrogen functional groups attached to an aromatic ring is 1. The number of para-hydroxylation sites is 2. The van der Waals surface area contributed by atoms with Crippen LogP contribution in [0.25, 0.3) is 0 Å². The van der Waals surface area contributed by atoms with Crippen LogP contribution >= 0.6 is 0 Å². The molecule has 0 radical (unpaired) electrons. The fourth-order valence-electron chi connectivity index (χ4n) is 1.38. The summed E-state index contributed by atoms with van der Waals surface area (Å²) in [6, 6.07) is 7.42. The Kier molecular flexibility index (Phi) is 3.96. The highest BCUT2D eigenvalue weighted by Crippen LogP contribution is 2.32. The zero-order valence-electron chi connectivity index (χ0n) is 10.2. The summed E-state index contributed by atoms with van der Waals surface area (Å²) in [6.07, 6.45) is 3.82. The summed E-state index contributed by atoms with van der Waals surface area (Å²) >= 11 is 0. The summed E-state index contributed by atoms with van der Waals surface area (Å²) in [5, 5.41) is 0. The van der Waals surface area contributed by atoms with Crippen LogP contribution in [0.15, 0.2) is 36.8 Å². The number of anilines is 1. The van der Waals surface area contributed by atoms with Gasteiger partial charge in [0.2, 0.25) is 5.88 Å². The molecule has 0 spiro atoms. The molecule has 0 atom stereocenters. The van der Waals surface area contributed by atoms with Crippen LogP contribution in [0.5, 0.6) is 17.4 Å². The summed E-state index contributed by atoms with van der Waals surface area (Å²) in [7, 11) is 0. The molecule has 2 aromatic rings. The van der Waals surface area contributed by atoms with Crippen molar-refractivity contribution in [1.82, 2.24) is 9.97 Å². The highest BCUT2D eigenvalue weighted by molar-refractivity contribution is 5.49. The second-order valence-electron chi connectivity index (χ2n) is 3.68. The van der Waals surface area contributed by atoms with Gasteiger partial charge < -0.3 is 15.2 Å². The van der Waals surface area contributed by atoms with Crippen molar-refractivity contribution in [2.45, 2.75) is 13.3 Å². The summed E-state index contributed by atoms with van der Waals surface area (Å²) in [5.74, 6) is 1.60. The molecule has 0 amide bonds. The smallest absolute Gasteiger partial charge is 0.245 e. The maximum atomic E-state index is 5.73. The maximum Gasteiger partial charge on any atom is 0.245 e. The minimum Gasteiger partial charge on any atom is -0.490 e. The van der Waals surface area contributed by atoms with Crippen molar-refractivity contribution in [1.29, 1.82) is 0 Å². The largest absolute Gasteiger partial charge is 0.490 e. The number of aromatic nitrogens is 2. The fraction of sp³-hybridized carbons (Fsp3) is 0.231. The molecular formula is C13H15N3O2. The van der Waals surface area contributed by atoms with Crippen LogP contribution in [-0.4, -0.2) is 16.6 Å². The third kappa shape index (κ3) is 2.88. The molecule has 1 heterocycles. The molecule has 0 unspecified atom stereocenters. The van der Waals surface area contributed by atoms with E-state index in [1.165, 1.54) is 12.5 Å². The second kappa shape index (κ2) is 5.86. The van der Waals surface area contributed by atoms with E-state index in [-0.39, 0.29) is 0 Å². The molecule has 0 bridgehead atoms. The van der Waals surface area contributed by atoms with Crippen molar-refractivity contribution in [3.05, 3.63) is 36.8 Å². The zero-order valence-corrected chi connectivity index (χ0v) is 10.2. The Labute approximate surface area is 106 Å². The highest BCUT2D eigenvalue weighted by Gasteiger charge is 2.08. The van der Waals surface area contributed by atoms with Gasteiger partial charge >= 0.3 is 0 Å². The van der Waals surface area contributed by atoms with Crippen LogP contribution in [0.2, 0.25) is 0 Å². The number of rotatable bonds is 5. The van der Waals surface area contributed by atoms with Crippen LogP contribution in [0.4, 0.5) is 5.69 Å². The lowest BCUT2D eigenvalue weighted by Crippen LogP contribution is -1.99. The molecule has 18 heavy (non-hydrogen) atoms. The average molecular weight is 245 g/mol. The first-order valence-corrected chi connectivity index (χ1v) is 5.76. The summed E-state index contributed by atoms with van der Waals surface area (Å²) in [4.78, 5) is 7.79. The number of ether oxygens (including phenoxy) is 2. The minimum atomic E-state index is 0.331. The van der Waals surface area contributed by atoms with Crippen molar-refractivity contribution in [2.75, 3.05) is 12.3 Å². The van der Waals surface area contributed by atoms with Crippen molar-refractivity contribution in [3.8, 4) is 17.4 Å². The standard InChI is InChI=1S/C13H15N3O2/c1-2-7-17-11-5-3-4-6-12(11)18-13-10(14)8-15-9-16-13/h3-6,8-9H,2,7,14H2,1H3. The predicted molar refractivity (Wildman–Crippen MR) is 68.7 cm³/mol. The van der Waals surface area contributed by atoms with E-state index in [1.807, 2.05) is 31.2 Å². The van der Waals surface area contributed by atoms with Gasteiger partial charge in [-0.1, -0.05) is 19.1 Å². The average Bonchev–Trinajstić information content (AvgIpc) is 2.40. The third-order valence-corrected chi connectivity index (χ3v) is 2.22. The quantitative estimate of drug-likeness (QED) is 0.876. The van der Waals surface area contributed by atoms with E-state index in [0.717, 1.165) is 6.42 Å². The van der Waals surface area contributed by atoms with Gasteiger partial charge in [0, 0.05) is 0 Å². The summed E-state index contributed by atoms with van der Waals surface area (Å²) in [6.45, 7) is 2.69. The molecular weight excluding hydrogens is 230 g/mol. The Balaban J connectivity index is 2.21. The van der Waals surface area contributed by atoms with Gasteiger partial charge in [0.15, 0.2) is 11.5 Å². The molecule has 2 rings (SSSR count). The van der Waals surface area contributed by atoms with Crippen LogP contribution in [0, 0.1) is 0 Å². The molecule has 0 aliphatic heterocycles. The first-order chi connectivity index (χ1) is 8.81. The number of hydrogen-bond donors (Lipinski definition) is 1. The van der Waals surface area contributed by atoms with E-state index in [0.29, 0.717) is 29.7 Å². The van der Waals surface area contributed by atoms with E-state index < -0.39 is 0 Å². The summed E-state index contributed by atoms with van der Waals surface area (Å²) in [5.41, 5.74) is 6.12. The van der Waals surface area contributed by atoms with Crippen LogP contribution < -0.4 is 15.2 Å². The molecule has 0 aliphatic carbocycles. The first-order valence-electron chi connectivity index (χ1n) is 5.76. The van der Waals surface area contributed by atoms with E-state index in [1.54, 1.807) is 0 Å². The van der Waals surface area contributed by atoms with Gasteiger partial charge in [-0.25, -0.2) is 4.98 Å². The molecule has 0 fully saturated rings. The lowest BCUT2D eigenvalue weighted by molar-refractivity contribution is 0.301. The van der Waals surface area contributed by atoms with Crippen molar-refractivity contribution < 1.29 is 9.47 Å². The zero-order chi connectivity index (χ0) is 12.8. The number of nitrogens with two attached hydrogens (primary N) is 1. The molecule has 5 nitrogen and oxygen atoms in total. The Morgan fingerprint density at radius 3 is 2.72 bits per heavy atom. The monoisotopic (exact) mass is 245 g/mol. The number of nitrogens with zero attached hydrogens (tertiary/aromatic N) is 2. The lowest BCUT2D eigenvalue weighted by Gasteiger charge is -2.11. The molecule has 2 N–H and O–H groups in total.